The van der Waals surface area contributed by atoms with Gasteiger partial charge in [-0.25, -0.2) is 4.68 Å². The van der Waals surface area contributed by atoms with E-state index in [9.17, 15) is 27.6 Å². The van der Waals surface area contributed by atoms with E-state index in [1.165, 1.54) is 37.7 Å². The Bertz CT molecular complexity index is 951. The largest absolute Gasteiger partial charge is 0.465 e. The maximum atomic E-state index is 13.0. The third kappa shape index (κ3) is 4.82. The zero-order chi connectivity index (χ0) is 21.9. The number of Topliss-reactive ketones (excluding diaryl/α,β-unsaturated/α-hetero) is 1. The van der Waals surface area contributed by atoms with Gasteiger partial charge in [-0.1, -0.05) is 6.07 Å². The topological polar surface area (TPSA) is 81.5 Å². The molecule has 0 N–H and O–H groups in total. The number of halogens is 3. The first-order valence-corrected chi connectivity index (χ1v) is 8.66. The van der Waals surface area contributed by atoms with Gasteiger partial charge in [0.25, 0.3) is 11.7 Å². The van der Waals surface area contributed by atoms with Gasteiger partial charge in [-0.05, 0) is 39.0 Å². The molecule has 7 nitrogen and oxygen atoms in total. The first-order chi connectivity index (χ1) is 13.5. The Morgan fingerprint density at radius 2 is 1.86 bits per heavy atom. The summed E-state index contributed by atoms with van der Waals surface area (Å²) < 4.78 is 44.9. The predicted octanol–water partition coefficient (Wildman–Crippen LogP) is 2.71. The van der Waals surface area contributed by atoms with Crippen LogP contribution in [0.4, 0.5) is 13.2 Å². The highest BCUT2D eigenvalue weighted by Gasteiger charge is 2.32. The summed E-state index contributed by atoms with van der Waals surface area (Å²) in [6.07, 6.45) is -4.53. The van der Waals surface area contributed by atoms with Gasteiger partial charge in [-0.15, -0.1) is 0 Å². The number of alkyl halides is 3. The molecule has 0 fully saturated rings. The van der Waals surface area contributed by atoms with Crippen LogP contribution in [-0.4, -0.2) is 52.5 Å². The molecule has 0 aliphatic heterocycles. The van der Waals surface area contributed by atoms with Crippen LogP contribution in [0, 0.1) is 13.8 Å². The molecule has 1 amide bonds. The second-order valence-corrected chi connectivity index (χ2v) is 6.30. The van der Waals surface area contributed by atoms with Gasteiger partial charge in [0.15, 0.2) is 0 Å². The minimum absolute atomic E-state index is 0.0249. The van der Waals surface area contributed by atoms with Crippen molar-refractivity contribution in [2.24, 2.45) is 0 Å². The van der Waals surface area contributed by atoms with Gasteiger partial charge in [0.1, 0.15) is 6.54 Å². The first-order valence-electron chi connectivity index (χ1n) is 8.66. The molecule has 0 saturated heterocycles. The van der Waals surface area contributed by atoms with Crippen LogP contribution in [0.15, 0.2) is 24.3 Å². The smallest absolute Gasteiger partial charge is 0.416 e. The molecule has 0 aliphatic rings. The minimum Gasteiger partial charge on any atom is -0.465 e. The Kier molecular flexibility index (Phi) is 6.45. The number of amides is 1. The van der Waals surface area contributed by atoms with E-state index in [4.69, 9.17) is 4.74 Å². The molecule has 156 valence electrons. The van der Waals surface area contributed by atoms with Crippen LogP contribution in [0.2, 0.25) is 0 Å². The Morgan fingerprint density at radius 3 is 2.45 bits per heavy atom. The minimum atomic E-state index is -4.53. The number of nitrogens with zero attached hydrogens (tertiary/aromatic N) is 3. The molecule has 2 rings (SSSR count). The summed E-state index contributed by atoms with van der Waals surface area (Å²) in [5.74, 6) is -2.53. The quantitative estimate of drug-likeness (QED) is 0.415. The summed E-state index contributed by atoms with van der Waals surface area (Å²) in [5.41, 5.74) is -0.386. The molecule has 1 heterocycles. The van der Waals surface area contributed by atoms with Crippen LogP contribution in [0.1, 0.15) is 34.2 Å². The lowest BCUT2D eigenvalue weighted by atomic mass is 10.1. The summed E-state index contributed by atoms with van der Waals surface area (Å²) in [6, 6.07) is 4.48. The molecule has 0 spiro atoms. The molecule has 29 heavy (non-hydrogen) atoms. The lowest BCUT2D eigenvalue weighted by Gasteiger charge is -2.15. The summed E-state index contributed by atoms with van der Waals surface area (Å²) in [5, 5.41) is 4.12. The number of benzene rings is 1. The molecule has 0 radical (unpaired) electrons. The van der Waals surface area contributed by atoms with Crippen molar-refractivity contribution in [1.82, 2.24) is 14.7 Å². The fourth-order valence-electron chi connectivity index (χ4n) is 2.79. The molecule has 0 unspecified atom stereocenters. The molecule has 1 aromatic carbocycles. The van der Waals surface area contributed by atoms with E-state index in [0.29, 0.717) is 0 Å². The summed E-state index contributed by atoms with van der Waals surface area (Å²) in [4.78, 5) is 37.5. The van der Waals surface area contributed by atoms with Crippen LogP contribution in [0.25, 0.3) is 5.69 Å². The average Bonchev–Trinajstić information content (AvgIpc) is 2.94. The van der Waals surface area contributed by atoms with Gasteiger partial charge in [0.05, 0.1) is 34.8 Å². The number of aromatic nitrogens is 2. The molecule has 10 heteroatoms. The molecule has 0 saturated carbocycles. The number of ketones is 1. The van der Waals surface area contributed by atoms with E-state index in [-0.39, 0.29) is 29.2 Å². The van der Waals surface area contributed by atoms with Crippen molar-refractivity contribution in [2.75, 3.05) is 20.2 Å². The van der Waals surface area contributed by atoms with E-state index in [0.717, 1.165) is 17.0 Å². The van der Waals surface area contributed by atoms with E-state index in [1.807, 2.05) is 0 Å². The van der Waals surface area contributed by atoms with Gasteiger partial charge in [-0.3, -0.25) is 14.4 Å². The predicted molar refractivity (Wildman–Crippen MR) is 96.6 cm³/mol. The number of ether oxygens (including phenoxy) is 1. The van der Waals surface area contributed by atoms with Crippen molar-refractivity contribution in [3.05, 3.63) is 46.8 Å². The average molecular weight is 411 g/mol. The lowest BCUT2D eigenvalue weighted by molar-refractivity contribution is -0.147. The summed E-state index contributed by atoms with van der Waals surface area (Å²) in [7, 11) is 1.28. The van der Waals surface area contributed by atoms with Crippen LogP contribution < -0.4 is 0 Å². The molecular formula is C19H20F3N3O4. The molecule has 2 aromatic rings. The fraction of sp³-hybridized carbons (Fsp3) is 0.368. The second kappa shape index (κ2) is 8.46. The standard InChI is InChI=1S/C19H20F3N3O4/c1-5-29-15(26)10-24(4)18(28)17(27)16-11(2)23-25(12(16)3)14-8-6-7-13(9-14)19(20,21)22/h6-9H,5,10H2,1-4H3. The second-order valence-electron chi connectivity index (χ2n) is 6.30. The van der Waals surface area contributed by atoms with Crippen molar-refractivity contribution in [3.8, 4) is 5.69 Å². The summed E-state index contributed by atoms with van der Waals surface area (Å²) >= 11 is 0. The number of hydrogen-bond donors (Lipinski definition) is 0. The summed E-state index contributed by atoms with van der Waals surface area (Å²) in [6.45, 7) is 4.30. The number of carbonyl (C=O) groups excluding carboxylic acids is 3. The Balaban J connectivity index is 2.35. The Morgan fingerprint density at radius 1 is 1.21 bits per heavy atom. The zero-order valence-corrected chi connectivity index (χ0v) is 16.3. The van der Waals surface area contributed by atoms with Gasteiger partial charge in [0, 0.05) is 7.05 Å². The molecule has 1 aromatic heterocycles. The van der Waals surface area contributed by atoms with Crippen molar-refractivity contribution < 1.29 is 32.3 Å². The van der Waals surface area contributed by atoms with Gasteiger partial charge < -0.3 is 9.64 Å². The van der Waals surface area contributed by atoms with E-state index in [1.54, 1.807) is 6.92 Å². The van der Waals surface area contributed by atoms with Gasteiger partial charge in [0.2, 0.25) is 0 Å². The Labute approximate surface area is 165 Å². The highest BCUT2D eigenvalue weighted by molar-refractivity contribution is 6.43. The number of likely N-dealkylation sites (N-methyl/N-ethyl adjacent to an activating group) is 1. The third-order valence-electron chi connectivity index (χ3n) is 4.15. The molecule has 0 atom stereocenters. The van der Waals surface area contributed by atoms with Crippen LogP contribution in [0.3, 0.4) is 0 Å². The number of aryl methyl sites for hydroxylation is 1. The highest BCUT2D eigenvalue weighted by atomic mass is 19.4. The van der Waals surface area contributed by atoms with Gasteiger partial charge in [-0.2, -0.15) is 18.3 Å². The van der Waals surface area contributed by atoms with Crippen molar-refractivity contribution in [3.63, 3.8) is 0 Å². The number of esters is 1. The molecular weight excluding hydrogens is 391 g/mol. The Hall–Kier alpha value is -3.17. The zero-order valence-electron chi connectivity index (χ0n) is 16.3. The maximum absolute atomic E-state index is 13.0. The van der Waals surface area contributed by atoms with E-state index >= 15 is 0 Å². The van der Waals surface area contributed by atoms with Gasteiger partial charge >= 0.3 is 12.1 Å². The van der Waals surface area contributed by atoms with Crippen molar-refractivity contribution in [1.29, 1.82) is 0 Å². The van der Waals surface area contributed by atoms with Crippen LogP contribution in [-0.2, 0) is 20.5 Å². The monoisotopic (exact) mass is 411 g/mol. The molecule has 0 bridgehead atoms. The van der Waals surface area contributed by atoms with Crippen molar-refractivity contribution >= 4 is 17.7 Å². The third-order valence-corrected chi connectivity index (χ3v) is 4.15. The fourth-order valence-corrected chi connectivity index (χ4v) is 2.79. The number of carbonyl (C=O) groups is 3. The SMILES string of the molecule is CCOC(=O)CN(C)C(=O)C(=O)c1c(C)nn(-c2cccc(C(F)(F)F)c2)c1C. The number of rotatable bonds is 6. The maximum Gasteiger partial charge on any atom is 0.416 e. The van der Waals surface area contributed by atoms with Crippen molar-refractivity contribution in [2.45, 2.75) is 26.9 Å². The first kappa shape index (κ1) is 22.1. The lowest BCUT2D eigenvalue weighted by Crippen LogP contribution is -2.38. The normalized spacial score (nSPS) is 11.3. The highest BCUT2D eigenvalue weighted by Crippen LogP contribution is 2.31. The van der Waals surface area contributed by atoms with E-state index in [2.05, 4.69) is 5.10 Å². The van der Waals surface area contributed by atoms with Crippen LogP contribution in [0.5, 0.6) is 0 Å². The molecule has 0 aliphatic carbocycles. The van der Waals surface area contributed by atoms with E-state index < -0.39 is 35.9 Å². The number of hydrogen-bond acceptors (Lipinski definition) is 5. The van der Waals surface area contributed by atoms with Crippen LogP contribution >= 0.6 is 0 Å².